The molecule has 1 aromatic rings. The molecule has 188 valence electrons. The van der Waals surface area contributed by atoms with E-state index in [1.807, 2.05) is 0 Å². The molecular weight excluding hydrogens is 497 g/mol. The monoisotopic (exact) mass is 521 g/mol. The molecule has 3 rings (SSSR count). The Balaban J connectivity index is 0.00000385. The van der Waals surface area contributed by atoms with Crippen LogP contribution in [0.5, 0.6) is 0 Å². The van der Waals surface area contributed by atoms with Crippen LogP contribution in [0.3, 0.4) is 0 Å². The first kappa shape index (κ1) is 27.7. The number of carbonyl (C=O) groups excluding carboxylic acids is 1. The highest BCUT2D eigenvalue weighted by atomic mass is 35.5. The van der Waals surface area contributed by atoms with Crippen LogP contribution >= 0.6 is 12.4 Å². The number of piperidine rings is 1. The van der Waals surface area contributed by atoms with Crippen LogP contribution in [-0.4, -0.2) is 58.8 Å². The third-order valence-electron chi connectivity index (χ3n) is 6.37. The van der Waals surface area contributed by atoms with Gasteiger partial charge in [-0.1, -0.05) is 6.07 Å². The molecule has 1 aliphatic carbocycles. The minimum atomic E-state index is -5.59. The number of aromatic nitrogens is 1. The zero-order valence-electron chi connectivity index (χ0n) is 17.4. The molecule has 1 aromatic heterocycles. The number of sulfonamides is 1. The average molecular weight is 522 g/mol. The number of pyridine rings is 1. The van der Waals surface area contributed by atoms with E-state index < -0.39 is 45.6 Å². The van der Waals surface area contributed by atoms with E-state index in [4.69, 9.17) is 5.21 Å². The maximum atomic E-state index is 13.1. The van der Waals surface area contributed by atoms with Gasteiger partial charge in [-0.2, -0.15) is 22.0 Å². The molecule has 1 amide bonds. The summed E-state index contributed by atoms with van der Waals surface area (Å²) < 4.78 is 88.6. The van der Waals surface area contributed by atoms with Crippen molar-refractivity contribution in [3.63, 3.8) is 0 Å². The normalized spacial score (nSPS) is 19.9. The summed E-state index contributed by atoms with van der Waals surface area (Å²) in [6, 6.07) is 3.01. The maximum absolute atomic E-state index is 13.1. The van der Waals surface area contributed by atoms with Gasteiger partial charge < -0.3 is 0 Å². The van der Waals surface area contributed by atoms with Crippen LogP contribution in [0.2, 0.25) is 0 Å². The first-order valence-electron chi connectivity index (χ1n) is 10.2. The lowest BCUT2D eigenvalue weighted by atomic mass is 9.84. The van der Waals surface area contributed by atoms with Gasteiger partial charge in [0.15, 0.2) is 4.75 Å². The lowest BCUT2D eigenvalue weighted by molar-refractivity contribution is -0.284. The predicted molar refractivity (Wildman–Crippen MR) is 110 cm³/mol. The third kappa shape index (κ3) is 5.25. The zero-order chi connectivity index (χ0) is 23.8. The summed E-state index contributed by atoms with van der Waals surface area (Å²) in [6.07, 6.45) is -4.51. The van der Waals surface area contributed by atoms with Crippen LogP contribution in [0.1, 0.15) is 55.7 Å². The number of nitrogens with zero attached hydrogens (tertiary/aromatic N) is 2. The van der Waals surface area contributed by atoms with Crippen molar-refractivity contribution in [3.05, 3.63) is 29.6 Å². The summed E-state index contributed by atoms with van der Waals surface area (Å²) in [5.41, 5.74) is 2.30. The number of aryl methyl sites for hydroxylation is 1. The highest BCUT2D eigenvalue weighted by molar-refractivity contribution is 7.91. The second-order valence-corrected chi connectivity index (χ2v) is 10.5. The fraction of sp³-hybridized carbons (Fsp3) is 0.684. The molecule has 2 heterocycles. The van der Waals surface area contributed by atoms with E-state index in [-0.39, 0.29) is 49.8 Å². The summed E-state index contributed by atoms with van der Waals surface area (Å²) in [6.45, 7) is 0.295. The van der Waals surface area contributed by atoms with Gasteiger partial charge in [-0.25, -0.2) is 18.2 Å². The summed E-state index contributed by atoms with van der Waals surface area (Å²) in [7, 11) is -3.97. The molecule has 2 aliphatic rings. The first-order chi connectivity index (χ1) is 14.8. The molecule has 2 N–H and O–H groups in total. The number of rotatable bonds is 7. The number of alkyl halides is 5. The molecule has 1 saturated carbocycles. The highest BCUT2D eigenvalue weighted by Crippen LogP contribution is 2.43. The smallest absolute Gasteiger partial charge is 0.289 e. The van der Waals surface area contributed by atoms with Crippen LogP contribution in [0.4, 0.5) is 22.0 Å². The van der Waals surface area contributed by atoms with Crippen LogP contribution in [-0.2, 0) is 21.2 Å². The van der Waals surface area contributed by atoms with Gasteiger partial charge in [0.2, 0.25) is 10.0 Å². The highest BCUT2D eigenvalue weighted by Gasteiger charge is 2.58. The van der Waals surface area contributed by atoms with Crippen LogP contribution in [0, 0.1) is 0 Å². The van der Waals surface area contributed by atoms with Crippen molar-refractivity contribution in [3.8, 4) is 0 Å². The molecule has 0 aromatic carbocycles. The number of carbonyl (C=O) groups is 1. The fourth-order valence-corrected chi connectivity index (χ4v) is 6.38. The molecule has 1 saturated heterocycles. The van der Waals surface area contributed by atoms with E-state index in [0.717, 1.165) is 0 Å². The van der Waals surface area contributed by atoms with Crippen LogP contribution in [0.25, 0.3) is 0 Å². The molecule has 14 heteroatoms. The Bertz CT molecular complexity index is 932. The summed E-state index contributed by atoms with van der Waals surface area (Å²) in [4.78, 5) is 16.2. The minimum Gasteiger partial charge on any atom is -0.289 e. The van der Waals surface area contributed by atoms with Crippen molar-refractivity contribution in [2.24, 2.45) is 0 Å². The Kier molecular flexibility index (Phi) is 8.36. The molecule has 1 aliphatic heterocycles. The second kappa shape index (κ2) is 9.96. The van der Waals surface area contributed by atoms with Crippen LogP contribution in [0.15, 0.2) is 18.3 Å². The number of halogens is 6. The molecule has 0 spiro atoms. The second-order valence-electron chi connectivity index (χ2n) is 8.26. The Hall–Kier alpha value is -1.57. The minimum absolute atomic E-state index is 0. The molecule has 2 fully saturated rings. The van der Waals surface area contributed by atoms with Crippen molar-refractivity contribution in [2.45, 2.75) is 67.7 Å². The van der Waals surface area contributed by atoms with Gasteiger partial charge >= 0.3 is 12.1 Å². The van der Waals surface area contributed by atoms with Crippen molar-refractivity contribution in [1.82, 2.24) is 14.8 Å². The standard InChI is InChI=1S/C19H24F5N3O4S.ClH/c20-18(21,19(22,23)24)9-4-13-2-3-15(25-12-13)14-5-10-27(11-6-14)32(30,31)17(7-1-8-17)16(28)26-29;/h2-3,12,14,29H,1,4-11H2,(H,26,28);1H. The van der Waals surface area contributed by atoms with E-state index in [1.54, 1.807) is 6.07 Å². The Labute approximate surface area is 194 Å². The third-order valence-corrected chi connectivity index (χ3v) is 9.00. The SMILES string of the molecule is Cl.O=C(NO)C1(S(=O)(=O)N2CCC(c3ccc(CCC(F)(F)C(F)(F)F)cn3)CC2)CCC1. The van der Waals surface area contributed by atoms with E-state index in [0.29, 0.717) is 25.0 Å². The van der Waals surface area contributed by atoms with E-state index in [1.165, 1.54) is 22.0 Å². The molecule has 33 heavy (non-hydrogen) atoms. The summed E-state index contributed by atoms with van der Waals surface area (Å²) in [5, 5.41) is 8.94. The van der Waals surface area contributed by atoms with E-state index in [2.05, 4.69) is 4.98 Å². The van der Waals surface area contributed by atoms with Crippen molar-refractivity contribution < 1.29 is 40.4 Å². The molecule has 0 unspecified atom stereocenters. The van der Waals surface area contributed by atoms with Gasteiger partial charge in [0.25, 0.3) is 5.91 Å². The van der Waals surface area contributed by atoms with E-state index in [9.17, 15) is 35.2 Å². The number of hydrogen-bond acceptors (Lipinski definition) is 5. The molecule has 0 radical (unpaired) electrons. The molecule has 0 atom stereocenters. The number of hydrogen-bond donors (Lipinski definition) is 2. The van der Waals surface area contributed by atoms with Gasteiger partial charge in [0.1, 0.15) is 0 Å². The maximum Gasteiger partial charge on any atom is 0.453 e. The lowest BCUT2D eigenvalue weighted by Crippen LogP contribution is -2.61. The number of hydroxylamine groups is 1. The quantitative estimate of drug-likeness (QED) is 0.325. The van der Waals surface area contributed by atoms with E-state index >= 15 is 0 Å². The zero-order valence-corrected chi connectivity index (χ0v) is 19.1. The topological polar surface area (TPSA) is 99.6 Å². The van der Waals surface area contributed by atoms with Gasteiger partial charge in [-0.05, 0) is 50.2 Å². The molecular formula is C19H25ClF5N3O4S. The van der Waals surface area contributed by atoms with Gasteiger partial charge in [-0.3, -0.25) is 15.0 Å². The van der Waals surface area contributed by atoms with Crippen molar-refractivity contribution in [1.29, 1.82) is 0 Å². The summed E-state index contributed by atoms with van der Waals surface area (Å²) >= 11 is 0. The first-order valence-corrected chi connectivity index (χ1v) is 11.6. The average Bonchev–Trinajstić information content (AvgIpc) is 2.70. The molecule has 7 nitrogen and oxygen atoms in total. The van der Waals surface area contributed by atoms with Gasteiger partial charge in [0.05, 0.1) is 0 Å². The summed E-state index contributed by atoms with van der Waals surface area (Å²) in [5.74, 6) is -5.82. The van der Waals surface area contributed by atoms with Crippen molar-refractivity contribution >= 4 is 28.3 Å². The Morgan fingerprint density at radius 3 is 2.21 bits per heavy atom. The van der Waals surface area contributed by atoms with Crippen molar-refractivity contribution in [2.75, 3.05) is 13.1 Å². The number of nitrogens with one attached hydrogen (secondary N) is 1. The Morgan fingerprint density at radius 1 is 1.18 bits per heavy atom. The molecule has 0 bridgehead atoms. The van der Waals surface area contributed by atoms with Gasteiger partial charge in [-0.15, -0.1) is 12.4 Å². The Morgan fingerprint density at radius 2 is 1.79 bits per heavy atom. The van der Waals surface area contributed by atoms with Crippen LogP contribution < -0.4 is 5.48 Å². The fourth-order valence-electron chi connectivity index (χ4n) is 4.11. The number of amides is 1. The largest absolute Gasteiger partial charge is 0.453 e. The lowest BCUT2D eigenvalue weighted by Gasteiger charge is -2.43. The van der Waals surface area contributed by atoms with Gasteiger partial charge in [0, 0.05) is 37.3 Å². The predicted octanol–water partition coefficient (Wildman–Crippen LogP) is 3.57.